The number of nitrogens with zero attached hydrogens (tertiary/aromatic N) is 2. The summed E-state index contributed by atoms with van der Waals surface area (Å²) in [5, 5.41) is 0. The van der Waals surface area contributed by atoms with Crippen LogP contribution in [0.2, 0.25) is 0 Å². The quantitative estimate of drug-likeness (QED) is 0.657. The monoisotopic (exact) mass is 285 g/mol. The molecule has 1 aromatic heterocycles. The van der Waals surface area contributed by atoms with Crippen LogP contribution >= 0.6 is 0 Å². The van der Waals surface area contributed by atoms with Gasteiger partial charge in [0.25, 0.3) is 0 Å². The van der Waals surface area contributed by atoms with E-state index in [-0.39, 0.29) is 6.42 Å². The average Bonchev–Trinajstić information content (AvgIpc) is 2.88. The van der Waals surface area contributed by atoms with E-state index in [0.29, 0.717) is 12.4 Å². The number of esters is 2. The normalized spacial score (nSPS) is 16.9. The molecular formula is C15H15N3O3. The second-order valence-corrected chi connectivity index (χ2v) is 4.35. The van der Waals surface area contributed by atoms with Gasteiger partial charge in [0.2, 0.25) is 0 Å². The summed E-state index contributed by atoms with van der Waals surface area (Å²) in [4.78, 5) is 29.6. The van der Waals surface area contributed by atoms with E-state index in [0.717, 1.165) is 0 Å². The fourth-order valence-electron chi connectivity index (χ4n) is 1.78. The number of nitrogens with two attached hydrogens (primary N) is 1. The maximum atomic E-state index is 11.1. The first-order valence-corrected chi connectivity index (χ1v) is 6.46. The molecule has 6 heteroatoms. The van der Waals surface area contributed by atoms with Crippen LogP contribution in [0.1, 0.15) is 23.7 Å². The number of carbonyl (C=O) groups excluding carboxylic acids is 2. The molecule has 0 bridgehead atoms. The van der Waals surface area contributed by atoms with Gasteiger partial charge in [0.05, 0.1) is 6.42 Å². The molecule has 1 saturated heterocycles. The van der Waals surface area contributed by atoms with E-state index >= 15 is 0 Å². The van der Waals surface area contributed by atoms with Crippen LogP contribution in [0.4, 0.5) is 0 Å². The maximum Gasteiger partial charge on any atom is 0.324 e. The first-order valence-electron chi connectivity index (χ1n) is 6.46. The highest BCUT2D eigenvalue weighted by Crippen LogP contribution is 2.23. The SMILES string of the molecule is NCc1ccccc1.O=C1CC(c2ncccn2)C(=O)O1. The summed E-state index contributed by atoms with van der Waals surface area (Å²) in [6.45, 7) is 0.640. The standard InChI is InChI=1S/C8H6N2O3.C7H9N/c11-6-4-5(8(12)13-6)7-9-2-1-3-10-7;8-6-7-4-2-1-3-5-7/h1-3,5H,4H2;1-5H,6,8H2. The minimum Gasteiger partial charge on any atom is -0.393 e. The highest BCUT2D eigenvalue weighted by molar-refractivity contribution is 5.97. The highest BCUT2D eigenvalue weighted by atomic mass is 16.6. The molecule has 0 radical (unpaired) electrons. The summed E-state index contributed by atoms with van der Waals surface area (Å²) in [5.74, 6) is -1.34. The number of carbonyl (C=O) groups is 2. The molecule has 108 valence electrons. The van der Waals surface area contributed by atoms with Gasteiger partial charge < -0.3 is 10.5 Å². The van der Waals surface area contributed by atoms with E-state index < -0.39 is 17.9 Å². The lowest BCUT2D eigenvalue weighted by atomic mass is 10.1. The number of hydrogen-bond donors (Lipinski definition) is 1. The van der Waals surface area contributed by atoms with Crippen molar-refractivity contribution >= 4 is 11.9 Å². The minimum absolute atomic E-state index is 0.0445. The Balaban J connectivity index is 0.000000173. The van der Waals surface area contributed by atoms with Gasteiger partial charge in [-0.2, -0.15) is 0 Å². The minimum atomic E-state index is -0.617. The van der Waals surface area contributed by atoms with Gasteiger partial charge >= 0.3 is 11.9 Å². The van der Waals surface area contributed by atoms with Crippen molar-refractivity contribution in [2.75, 3.05) is 0 Å². The summed E-state index contributed by atoms with van der Waals surface area (Å²) in [6, 6.07) is 11.6. The third-order valence-corrected chi connectivity index (χ3v) is 2.85. The number of benzene rings is 1. The molecule has 1 aliphatic heterocycles. The summed E-state index contributed by atoms with van der Waals surface area (Å²) in [7, 11) is 0. The van der Waals surface area contributed by atoms with Crippen molar-refractivity contribution in [1.29, 1.82) is 0 Å². The van der Waals surface area contributed by atoms with Crippen LogP contribution in [-0.4, -0.2) is 21.9 Å². The number of aromatic nitrogens is 2. The van der Waals surface area contributed by atoms with Crippen molar-refractivity contribution in [1.82, 2.24) is 9.97 Å². The molecular weight excluding hydrogens is 270 g/mol. The molecule has 2 aromatic rings. The Morgan fingerprint density at radius 3 is 2.24 bits per heavy atom. The van der Waals surface area contributed by atoms with E-state index in [1.165, 1.54) is 18.0 Å². The smallest absolute Gasteiger partial charge is 0.324 e. The molecule has 0 saturated carbocycles. The lowest BCUT2D eigenvalue weighted by Gasteiger charge is -1.99. The third-order valence-electron chi connectivity index (χ3n) is 2.85. The molecule has 1 aromatic carbocycles. The van der Waals surface area contributed by atoms with Crippen LogP contribution < -0.4 is 5.73 Å². The zero-order chi connectivity index (χ0) is 15.1. The number of ether oxygens (including phenoxy) is 1. The largest absolute Gasteiger partial charge is 0.393 e. The molecule has 0 amide bonds. The zero-order valence-corrected chi connectivity index (χ0v) is 11.3. The Bertz CT molecular complexity index is 602. The molecule has 0 spiro atoms. The van der Waals surface area contributed by atoms with E-state index in [1.807, 2.05) is 30.3 Å². The van der Waals surface area contributed by atoms with Gasteiger partial charge in [-0.15, -0.1) is 0 Å². The number of hydrogen-bond acceptors (Lipinski definition) is 6. The summed E-state index contributed by atoms with van der Waals surface area (Å²) >= 11 is 0. The van der Waals surface area contributed by atoms with Gasteiger partial charge in [0.15, 0.2) is 0 Å². The van der Waals surface area contributed by atoms with Gasteiger partial charge in [-0.25, -0.2) is 9.97 Å². The lowest BCUT2D eigenvalue weighted by molar-refractivity contribution is -0.152. The van der Waals surface area contributed by atoms with E-state index in [1.54, 1.807) is 6.07 Å². The van der Waals surface area contributed by atoms with E-state index in [2.05, 4.69) is 14.7 Å². The highest BCUT2D eigenvalue weighted by Gasteiger charge is 2.36. The van der Waals surface area contributed by atoms with Crippen molar-refractivity contribution in [2.24, 2.45) is 5.73 Å². The molecule has 1 unspecified atom stereocenters. The molecule has 3 rings (SSSR count). The Morgan fingerprint density at radius 2 is 1.76 bits per heavy atom. The van der Waals surface area contributed by atoms with Crippen molar-refractivity contribution in [3.8, 4) is 0 Å². The van der Waals surface area contributed by atoms with Crippen LogP contribution in [0.5, 0.6) is 0 Å². The van der Waals surface area contributed by atoms with Gasteiger partial charge in [0, 0.05) is 18.9 Å². The van der Waals surface area contributed by atoms with Gasteiger partial charge in [-0.3, -0.25) is 9.59 Å². The van der Waals surface area contributed by atoms with Crippen LogP contribution in [0.25, 0.3) is 0 Å². The van der Waals surface area contributed by atoms with Crippen LogP contribution in [0.15, 0.2) is 48.8 Å². The summed E-state index contributed by atoms with van der Waals surface area (Å²) in [6.07, 6.45) is 3.10. The van der Waals surface area contributed by atoms with Gasteiger partial charge in [-0.05, 0) is 11.6 Å². The second-order valence-electron chi connectivity index (χ2n) is 4.35. The van der Waals surface area contributed by atoms with Crippen molar-refractivity contribution in [2.45, 2.75) is 18.9 Å². The van der Waals surface area contributed by atoms with Gasteiger partial charge in [0.1, 0.15) is 11.7 Å². The average molecular weight is 285 g/mol. The molecule has 0 aliphatic carbocycles. The van der Waals surface area contributed by atoms with E-state index in [9.17, 15) is 9.59 Å². The Morgan fingerprint density at radius 1 is 1.10 bits per heavy atom. The molecule has 6 nitrogen and oxygen atoms in total. The summed E-state index contributed by atoms with van der Waals surface area (Å²) in [5.41, 5.74) is 6.54. The van der Waals surface area contributed by atoms with Crippen LogP contribution in [0.3, 0.4) is 0 Å². The zero-order valence-electron chi connectivity index (χ0n) is 11.3. The second kappa shape index (κ2) is 7.25. The lowest BCUT2D eigenvalue weighted by Crippen LogP contribution is -2.08. The fourth-order valence-corrected chi connectivity index (χ4v) is 1.78. The fraction of sp³-hybridized carbons (Fsp3) is 0.200. The van der Waals surface area contributed by atoms with Gasteiger partial charge in [-0.1, -0.05) is 30.3 Å². The molecule has 1 atom stereocenters. The first-order chi connectivity index (χ1) is 10.2. The van der Waals surface area contributed by atoms with Crippen LogP contribution in [-0.2, 0) is 20.9 Å². The van der Waals surface area contributed by atoms with Crippen molar-refractivity contribution in [3.63, 3.8) is 0 Å². The molecule has 2 N–H and O–H groups in total. The summed E-state index contributed by atoms with van der Waals surface area (Å²) < 4.78 is 4.37. The molecule has 21 heavy (non-hydrogen) atoms. The predicted octanol–water partition coefficient (Wildman–Crippen LogP) is 1.18. The van der Waals surface area contributed by atoms with E-state index in [4.69, 9.17) is 5.73 Å². The Labute approximate surface area is 122 Å². The molecule has 1 aliphatic rings. The van der Waals surface area contributed by atoms with Crippen molar-refractivity contribution in [3.05, 3.63) is 60.2 Å². The first kappa shape index (κ1) is 14.8. The molecule has 1 fully saturated rings. The Hall–Kier alpha value is -2.60. The molecule has 2 heterocycles. The third kappa shape index (κ3) is 4.19. The maximum absolute atomic E-state index is 11.1. The van der Waals surface area contributed by atoms with Crippen molar-refractivity contribution < 1.29 is 14.3 Å². The number of cyclic esters (lactones) is 2. The Kier molecular flexibility index (Phi) is 5.11. The number of rotatable bonds is 2. The van der Waals surface area contributed by atoms with Crippen LogP contribution in [0, 0.1) is 0 Å². The predicted molar refractivity (Wildman–Crippen MR) is 74.8 cm³/mol. The topological polar surface area (TPSA) is 95.2 Å².